The first kappa shape index (κ1) is 14.3. The molecule has 0 bridgehead atoms. The van der Waals surface area contributed by atoms with Gasteiger partial charge in [-0.1, -0.05) is 30.7 Å². The lowest BCUT2D eigenvalue weighted by Gasteiger charge is -2.28. The van der Waals surface area contributed by atoms with Crippen molar-refractivity contribution in [2.75, 3.05) is 13.6 Å². The van der Waals surface area contributed by atoms with Gasteiger partial charge in [-0.05, 0) is 43.3 Å². The average Bonchev–Trinajstić information content (AvgIpc) is 2.35. The Hall–Kier alpha value is -0.800. The largest absolute Gasteiger partial charge is 0.363 e. The van der Waals surface area contributed by atoms with Gasteiger partial charge in [0.05, 0.1) is 6.04 Å². The second-order valence-corrected chi connectivity index (χ2v) is 4.89. The number of hydrogen-bond acceptors (Lipinski definition) is 1. The Labute approximate surface area is 114 Å². The lowest BCUT2D eigenvalue weighted by molar-refractivity contribution is 0.396. The van der Waals surface area contributed by atoms with Crippen molar-refractivity contribution in [2.45, 2.75) is 26.3 Å². The number of benzene rings is 1. The number of rotatable bonds is 4. The van der Waals surface area contributed by atoms with Gasteiger partial charge in [0.15, 0.2) is 5.11 Å². The summed E-state index contributed by atoms with van der Waals surface area (Å²) in [4.78, 5) is 2.06. The number of halogens is 1. The third kappa shape index (κ3) is 4.17. The maximum absolute atomic E-state index is 5.88. The fourth-order valence-electron chi connectivity index (χ4n) is 1.50. The van der Waals surface area contributed by atoms with Gasteiger partial charge in [0.2, 0.25) is 0 Å². The predicted octanol–water partition coefficient (Wildman–Crippen LogP) is 3.62. The van der Waals surface area contributed by atoms with E-state index in [-0.39, 0.29) is 6.04 Å². The minimum atomic E-state index is 0.240. The van der Waals surface area contributed by atoms with E-state index in [1.165, 1.54) is 5.56 Å². The van der Waals surface area contributed by atoms with Crippen LogP contribution in [0.2, 0.25) is 5.02 Å². The van der Waals surface area contributed by atoms with Crippen LogP contribution in [-0.4, -0.2) is 23.6 Å². The average molecular weight is 271 g/mol. The van der Waals surface area contributed by atoms with Gasteiger partial charge in [-0.2, -0.15) is 0 Å². The summed E-state index contributed by atoms with van der Waals surface area (Å²) in [6.45, 7) is 5.16. The standard InChI is InChI=1S/C13H19ClN2S/c1-4-9-15-13(17)16(3)10(2)11-5-7-12(14)8-6-11/h5-8,10H,4,9H2,1-3H3,(H,15,17). The monoisotopic (exact) mass is 270 g/mol. The highest BCUT2D eigenvalue weighted by atomic mass is 35.5. The molecule has 0 spiro atoms. The SMILES string of the molecule is CCCNC(=S)N(C)C(C)c1ccc(Cl)cc1. The third-order valence-corrected chi connectivity index (χ3v) is 3.46. The first-order valence-electron chi connectivity index (χ1n) is 5.82. The van der Waals surface area contributed by atoms with Gasteiger partial charge in [-0.25, -0.2) is 0 Å². The van der Waals surface area contributed by atoms with Crippen molar-refractivity contribution in [2.24, 2.45) is 0 Å². The quantitative estimate of drug-likeness (QED) is 0.842. The molecule has 0 aromatic heterocycles. The van der Waals surface area contributed by atoms with Crippen LogP contribution < -0.4 is 5.32 Å². The van der Waals surface area contributed by atoms with E-state index in [0.29, 0.717) is 0 Å². The van der Waals surface area contributed by atoms with Gasteiger partial charge in [-0.15, -0.1) is 0 Å². The Morgan fingerprint density at radius 2 is 2.00 bits per heavy atom. The van der Waals surface area contributed by atoms with Gasteiger partial charge in [0.1, 0.15) is 0 Å². The molecule has 1 atom stereocenters. The summed E-state index contributed by atoms with van der Waals surface area (Å²) in [7, 11) is 2.00. The van der Waals surface area contributed by atoms with E-state index < -0.39 is 0 Å². The first-order valence-corrected chi connectivity index (χ1v) is 6.61. The topological polar surface area (TPSA) is 15.3 Å². The van der Waals surface area contributed by atoms with Crippen LogP contribution >= 0.6 is 23.8 Å². The molecule has 0 saturated carbocycles. The molecule has 1 aromatic rings. The van der Waals surface area contributed by atoms with Crippen LogP contribution in [0.4, 0.5) is 0 Å². The molecule has 1 aromatic carbocycles. The van der Waals surface area contributed by atoms with Crippen molar-refractivity contribution in [3.05, 3.63) is 34.9 Å². The van der Waals surface area contributed by atoms with E-state index in [0.717, 1.165) is 23.1 Å². The highest BCUT2D eigenvalue weighted by Crippen LogP contribution is 2.20. The molecule has 0 aliphatic heterocycles. The lowest BCUT2D eigenvalue weighted by Crippen LogP contribution is -2.38. The Kier molecular flexibility index (Phi) is 5.72. The molecule has 0 heterocycles. The molecule has 0 aliphatic carbocycles. The van der Waals surface area contributed by atoms with E-state index in [2.05, 4.69) is 24.1 Å². The fraction of sp³-hybridized carbons (Fsp3) is 0.462. The summed E-state index contributed by atoms with van der Waals surface area (Å²) in [6, 6.07) is 8.12. The predicted molar refractivity (Wildman–Crippen MR) is 78.5 cm³/mol. The van der Waals surface area contributed by atoms with E-state index in [4.69, 9.17) is 23.8 Å². The fourth-order valence-corrected chi connectivity index (χ4v) is 1.88. The Balaban J connectivity index is 2.65. The summed E-state index contributed by atoms with van der Waals surface area (Å²) >= 11 is 11.2. The summed E-state index contributed by atoms with van der Waals surface area (Å²) in [5.41, 5.74) is 1.21. The highest BCUT2D eigenvalue weighted by Gasteiger charge is 2.13. The molecule has 0 saturated heterocycles. The third-order valence-electron chi connectivity index (χ3n) is 2.78. The van der Waals surface area contributed by atoms with Crippen LogP contribution in [0.3, 0.4) is 0 Å². The van der Waals surface area contributed by atoms with Crippen molar-refractivity contribution in [3.63, 3.8) is 0 Å². The Morgan fingerprint density at radius 1 is 1.41 bits per heavy atom. The van der Waals surface area contributed by atoms with Crippen molar-refractivity contribution >= 4 is 28.9 Å². The van der Waals surface area contributed by atoms with E-state index >= 15 is 0 Å². The molecule has 4 heteroatoms. The maximum Gasteiger partial charge on any atom is 0.169 e. The van der Waals surface area contributed by atoms with E-state index in [1.807, 2.05) is 31.3 Å². The molecule has 0 fully saturated rings. The number of nitrogens with one attached hydrogen (secondary N) is 1. The minimum Gasteiger partial charge on any atom is -0.363 e. The Morgan fingerprint density at radius 3 is 2.53 bits per heavy atom. The van der Waals surface area contributed by atoms with Gasteiger partial charge >= 0.3 is 0 Å². The molecule has 0 aliphatic rings. The van der Waals surface area contributed by atoms with Crippen molar-refractivity contribution < 1.29 is 0 Å². The zero-order valence-corrected chi connectivity index (χ0v) is 12.1. The van der Waals surface area contributed by atoms with Crippen LogP contribution in [0, 0.1) is 0 Å². The lowest BCUT2D eigenvalue weighted by atomic mass is 10.1. The summed E-state index contributed by atoms with van der Waals surface area (Å²) in [6.07, 6.45) is 1.07. The molecule has 1 unspecified atom stereocenters. The smallest absolute Gasteiger partial charge is 0.169 e. The van der Waals surface area contributed by atoms with Gasteiger partial charge in [0, 0.05) is 18.6 Å². The number of nitrogens with zero attached hydrogens (tertiary/aromatic N) is 1. The van der Waals surface area contributed by atoms with Crippen LogP contribution in [0.25, 0.3) is 0 Å². The van der Waals surface area contributed by atoms with Crippen molar-refractivity contribution in [1.29, 1.82) is 0 Å². The van der Waals surface area contributed by atoms with E-state index in [9.17, 15) is 0 Å². The van der Waals surface area contributed by atoms with Crippen molar-refractivity contribution in [1.82, 2.24) is 10.2 Å². The highest BCUT2D eigenvalue weighted by molar-refractivity contribution is 7.80. The normalized spacial score (nSPS) is 12.0. The second kappa shape index (κ2) is 6.82. The van der Waals surface area contributed by atoms with Gasteiger partial charge in [0.25, 0.3) is 0 Å². The molecule has 17 heavy (non-hydrogen) atoms. The van der Waals surface area contributed by atoms with Gasteiger partial charge in [-0.3, -0.25) is 0 Å². The molecule has 1 N–H and O–H groups in total. The molecule has 0 amide bonds. The summed E-state index contributed by atoms with van der Waals surface area (Å²) < 4.78 is 0. The zero-order chi connectivity index (χ0) is 12.8. The minimum absolute atomic E-state index is 0.240. The number of thiocarbonyl (C=S) groups is 1. The van der Waals surface area contributed by atoms with Crippen LogP contribution in [0.1, 0.15) is 31.9 Å². The molecular formula is C13H19ClN2S. The van der Waals surface area contributed by atoms with Crippen LogP contribution in [-0.2, 0) is 0 Å². The number of hydrogen-bond donors (Lipinski definition) is 1. The summed E-state index contributed by atoms with van der Waals surface area (Å²) in [5, 5.41) is 4.77. The molecule has 1 rings (SSSR count). The maximum atomic E-state index is 5.88. The molecular weight excluding hydrogens is 252 g/mol. The zero-order valence-electron chi connectivity index (χ0n) is 10.5. The summed E-state index contributed by atoms with van der Waals surface area (Å²) in [5.74, 6) is 0. The molecule has 94 valence electrons. The van der Waals surface area contributed by atoms with Crippen LogP contribution in [0.15, 0.2) is 24.3 Å². The first-order chi connectivity index (χ1) is 8.06. The van der Waals surface area contributed by atoms with Crippen LogP contribution in [0.5, 0.6) is 0 Å². The Bertz CT molecular complexity index is 364. The molecule has 2 nitrogen and oxygen atoms in total. The van der Waals surface area contributed by atoms with E-state index in [1.54, 1.807) is 0 Å². The molecule has 0 radical (unpaired) electrons. The van der Waals surface area contributed by atoms with Gasteiger partial charge < -0.3 is 10.2 Å². The second-order valence-electron chi connectivity index (χ2n) is 4.07. The van der Waals surface area contributed by atoms with Crippen molar-refractivity contribution in [3.8, 4) is 0 Å².